The maximum absolute atomic E-state index is 8.74. The van der Waals surface area contributed by atoms with Gasteiger partial charge < -0.3 is 4.90 Å². The van der Waals surface area contributed by atoms with Gasteiger partial charge in [-0.2, -0.15) is 19.9 Å². The Bertz CT molecular complexity index is 567. The molecule has 0 amide bonds. The van der Waals surface area contributed by atoms with Crippen molar-refractivity contribution in [3.63, 3.8) is 0 Å². The molecule has 0 saturated carbocycles. The van der Waals surface area contributed by atoms with Crippen molar-refractivity contribution in [3.8, 4) is 6.07 Å². The third-order valence-corrected chi connectivity index (χ3v) is 2.77. The lowest BCUT2D eigenvalue weighted by Gasteiger charge is -2.25. The fraction of sp³-hybridized carbons (Fsp3) is 0.455. The van der Waals surface area contributed by atoms with Crippen molar-refractivity contribution in [2.45, 2.75) is 26.3 Å². The molecular formula is C11H14N6. The Balaban J connectivity index is 2.47. The lowest BCUT2D eigenvalue weighted by Crippen LogP contribution is -2.30. The molecule has 0 aromatic carbocycles. The van der Waals surface area contributed by atoms with Crippen molar-refractivity contribution in [2.24, 2.45) is 0 Å². The average Bonchev–Trinajstić information content (AvgIpc) is 2.75. The summed E-state index contributed by atoms with van der Waals surface area (Å²) in [5.41, 5.74) is 0.886. The Hall–Kier alpha value is -2.16. The Morgan fingerprint density at radius 1 is 1.59 bits per heavy atom. The van der Waals surface area contributed by atoms with Crippen LogP contribution >= 0.6 is 0 Å². The van der Waals surface area contributed by atoms with Gasteiger partial charge in [0.2, 0.25) is 0 Å². The molecule has 1 atom stereocenters. The molecule has 6 nitrogen and oxygen atoms in total. The molecule has 0 N–H and O–H groups in total. The lowest BCUT2D eigenvalue weighted by molar-refractivity contribution is 0.679. The average molecular weight is 230 g/mol. The number of nitriles is 1. The molecule has 6 heteroatoms. The van der Waals surface area contributed by atoms with Gasteiger partial charge >= 0.3 is 0 Å². The summed E-state index contributed by atoms with van der Waals surface area (Å²) in [6, 6.07) is 4.23. The standard InChI is InChI=1S/C11H14N6/c1-8-6-10(16(3)9(2)4-5-12)17-11(15-8)13-7-14-17/h6-7,9H,4H2,1-3H3. The topological polar surface area (TPSA) is 70.1 Å². The van der Waals surface area contributed by atoms with E-state index >= 15 is 0 Å². The van der Waals surface area contributed by atoms with Crippen LogP contribution in [0.1, 0.15) is 19.0 Å². The van der Waals surface area contributed by atoms with Crippen LogP contribution in [-0.2, 0) is 0 Å². The second kappa shape index (κ2) is 4.37. The maximum Gasteiger partial charge on any atom is 0.254 e. The van der Waals surface area contributed by atoms with Crippen molar-refractivity contribution in [3.05, 3.63) is 18.1 Å². The Kier molecular flexibility index (Phi) is 2.91. The summed E-state index contributed by atoms with van der Waals surface area (Å²) in [5.74, 6) is 1.48. The van der Waals surface area contributed by atoms with E-state index in [1.165, 1.54) is 6.33 Å². The van der Waals surface area contributed by atoms with E-state index in [2.05, 4.69) is 21.1 Å². The smallest absolute Gasteiger partial charge is 0.254 e. The Labute approximate surface area is 99.5 Å². The second-order valence-electron chi connectivity index (χ2n) is 4.05. The summed E-state index contributed by atoms with van der Waals surface area (Å²) < 4.78 is 1.68. The van der Waals surface area contributed by atoms with E-state index in [1.54, 1.807) is 4.52 Å². The molecule has 2 aromatic heterocycles. The zero-order valence-corrected chi connectivity index (χ0v) is 10.1. The molecule has 0 bridgehead atoms. The van der Waals surface area contributed by atoms with Crippen LogP contribution in [0.2, 0.25) is 0 Å². The van der Waals surface area contributed by atoms with Crippen LogP contribution < -0.4 is 4.90 Å². The molecule has 0 aliphatic heterocycles. The van der Waals surface area contributed by atoms with Crippen molar-refractivity contribution < 1.29 is 0 Å². The highest BCUT2D eigenvalue weighted by Gasteiger charge is 2.14. The van der Waals surface area contributed by atoms with Crippen LogP contribution in [0.5, 0.6) is 0 Å². The second-order valence-corrected chi connectivity index (χ2v) is 4.05. The van der Waals surface area contributed by atoms with Crippen molar-refractivity contribution in [2.75, 3.05) is 11.9 Å². The Morgan fingerprint density at radius 2 is 2.35 bits per heavy atom. The van der Waals surface area contributed by atoms with Crippen molar-refractivity contribution >= 4 is 11.6 Å². The third-order valence-electron chi connectivity index (χ3n) is 2.77. The molecule has 2 aromatic rings. The largest absolute Gasteiger partial charge is 0.356 e. The van der Waals surface area contributed by atoms with Gasteiger partial charge in [-0.25, -0.2) is 4.98 Å². The number of nitrogens with zero attached hydrogens (tertiary/aromatic N) is 6. The summed E-state index contributed by atoms with van der Waals surface area (Å²) >= 11 is 0. The molecule has 88 valence electrons. The highest BCUT2D eigenvalue weighted by atomic mass is 15.4. The minimum Gasteiger partial charge on any atom is -0.356 e. The van der Waals surface area contributed by atoms with Gasteiger partial charge in [0.15, 0.2) is 0 Å². The molecule has 0 saturated heterocycles. The first-order chi connectivity index (χ1) is 8.13. The van der Waals surface area contributed by atoms with Crippen LogP contribution in [0.3, 0.4) is 0 Å². The monoisotopic (exact) mass is 230 g/mol. The van der Waals surface area contributed by atoms with E-state index in [-0.39, 0.29) is 6.04 Å². The summed E-state index contributed by atoms with van der Waals surface area (Å²) in [7, 11) is 1.94. The predicted molar refractivity (Wildman–Crippen MR) is 63.6 cm³/mol. The molecule has 0 aliphatic carbocycles. The first kappa shape index (κ1) is 11.3. The minimum atomic E-state index is 0.120. The van der Waals surface area contributed by atoms with E-state index in [9.17, 15) is 0 Å². The number of aromatic nitrogens is 4. The first-order valence-electron chi connectivity index (χ1n) is 5.40. The summed E-state index contributed by atoms with van der Waals surface area (Å²) in [4.78, 5) is 10.4. The third kappa shape index (κ3) is 2.04. The van der Waals surface area contributed by atoms with Gasteiger partial charge in [-0.3, -0.25) is 0 Å². The SMILES string of the molecule is Cc1cc(N(C)C(C)CC#N)n2ncnc2n1. The van der Waals surface area contributed by atoms with Gasteiger partial charge in [0.1, 0.15) is 12.1 Å². The molecule has 1 unspecified atom stereocenters. The fourth-order valence-electron chi connectivity index (χ4n) is 1.66. The number of aryl methyl sites for hydroxylation is 1. The summed E-state index contributed by atoms with van der Waals surface area (Å²) in [5, 5.41) is 12.9. The first-order valence-corrected chi connectivity index (χ1v) is 5.40. The van der Waals surface area contributed by atoms with Crippen molar-refractivity contribution in [1.82, 2.24) is 19.6 Å². The van der Waals surface area contributed by atoms with Crippen LogP contribution in [0.15, 0.2) is 12.4 Å². The number of rotatable bonds is 3. The highest BCUT2D eigenvalue weighted by Crippen LogP contribution is 2.17. The number of anilines is 1. The van der Waals surface area contributed by atoms with Crippen LogP contribution in [0.25, 0.3) is 5.78 Å². The van der Waals surface area contributed by atoms with E-state index < -0.39 is 0 Å². The molecule has 2 heterocycles. The molecule has 0 aliphatic rings. The van der Waals surface area contributed by atoms with E-state index in [1.807, 2.05) is 31.9 Å². The van der Waals surface area contributed by atoms with Gasteiger partial charge in [-0.05, 0) is 13.8 Å². The zero-order valence-electron chi connectivity index (χ0n) is 10.1. The number of hydrogen-bond donors (Lipinski definition) is 0. The van der Waals surface area contributed by atoms with Crippen molar-refractivity contribution in [1.29, 1.82) is 5.26 Å². The quantitative estimate of drug-likeness (QED) is 0.791. The molecule has 17 heavy (non-hydrogen) atoms. The molecule has 0 radical (unpaired) electrons. The fourth-order valence-corrected chi connectivity index (χ4v) is 1.66. The number of fused-ring (bicyclic) bond motifs is 1. The van der Waals surface area contributed by atoms with Gasteiger partial charge in [0.25, 0.3) is 5.78 Å². The van der Waals surface area contributed by atoms with E-state index in [4.69, 9.17) is 5.26 Å². The van der Waals surface area contributed by atoms with Crippen LogP contribution in [0, 0.1) is 18.3 Å². The van der Waals surface area contributed by atoms with Gasteiger partial charge in [0, 0.05) is 24.8 Å². The molecule has 0 spiro atoms. The Morgan fingerprint density at radius 3 is 3.06 bits per heavy atom. The molecule has 2 rings (SSSR count). The predicted octanol–water partition coefficient (Wildman–Crippen LogP) is 1.17. The molecular weight excluding hydrogens is 216 g/mol. The van der Waals surface area contributed by atoms with E-state index in [0.29, 0.717) is 12.2 Å². The normalized spacial score (nSPS) is 12.4. The van der Waals surface area contributed by atoms with Gasteiger partial charge in [-0.15, -0.1) is 0 Å². The van der Waals surface area contributed by atoms with Crippen LogP contribution in [0.4, 0.5) is 5.82 Å². The summed E-state index contributed by atoms with van der Waals surface area (Å²) in [6.45, 7) is 3.92. The number of hydrogen-bond acceptors (Lipinski definition) is 5. The maximum atomic E-state index is 8.74. The summed E-state index contributed by atoms with van der Waals surface area (Å²) in [6.07, 6.45) is 1.95. The van der Waals surface area contributed by atoms with E-state index in [0.717, 1.165) is 11.5 Å². The van der Waals surface area contributed by atoms with Gasteiger partial charge in [-0.1, -0.05) is 0 Å². The van der Waals surface area contributed by atoms with Gasteiger partial charge in [0.05, 0.1) is 12.5 Å². The lowest BCUT2D eigenvalue weighted by atomic mass is 10.2. The van der Waals surface area contributed by atoms with Crippen LogP contribution in [-0.4, -0.2) is 32.7 Å². The minimum absolute atomic E-state index is 0.120. The molecule has 0 fully saturated rings. The highest BCUT2D eigenvalue weighted by molar-refractivity contribution is 5.47. The zero-order chi connectivity index (χ0) is 12.4.